The molecular formula is C22H26O7. The zero-order valence-electron chi connectivity index (χ0n) is 16.8. The third kappa shape index (κ3) is 5.32. The molecule has 0 aromatic heterocycles. The SMILES string of the molecule is CCCC(O)CC(=O)O[C@H](CC=C(C)C)C1=CC(=O)c2c(O)ccc(O)c2C1=O. The number of aliphatic hydroxyl groups excluding tert-OH is 1. The number of allylic oxidation sites excluding steroid dienone is 2. The van der Waals surface area contributed by atoms with E-state index in [1.165, 1.54) is 0 Å². The van der Waals surface area contributed by atoms with Gasteiger partial charge < -0.3 is 20.1 Å². The van der Waals surface area contributed by atoms with E-state index < -0.39 is 41.2 Å². The van der Waals surface area contributed by atoms with Crippen LogP contribution in [0.5, 0.6) is 11.5 Å². The number of carbonyl (C=O) groups is 3. The number of Topliss-reactive ketones (excluding diaryl/α,β-unsaturated/α-hetero) is 1. The highest BCUT2D eigenvalue weighted by atomic mass is 16.5. The highest BCUT2D eigenvalue weighted by molar-refractivity contribution is 6.27. The second kappa shape index (κ2) is 9.52. The van der Waals surface area contributed by atoms with Crippen LogP contribution < -0.4 is 0 Å². The molecule has 0 saturated carbocycles. The lowest BCUT2D eigenvalue weighted by Crippen LogP contribution is -2.30. The standard InChI is InChI=1S/C22H26O7/c1-4-5-13(23)10-19(27)29-18(9-6-12(2)3)14-11-17(26)20-15(24)7-8-16(25)21(20)22(14)28/h6-8,11,13,18,23-25H,4-5,9-10H2,1-3H3/t13?,18-/m1/s1. The second-order valence-corrected chi connectivity index (χ2v) is 7.29. The van der Waals surface area contributed by atoms with Crippen LogP contribution >= 0.6 is 0 Å². The number of hydrogen-bond donors (Lipinski definition) is 3. The summed E-state index contributed by atoms with van der Waals surface area (Å²) in [7, 11) is 0. The Morgan fingerprint density at radius 3 is 2.34 bits per heavy atom. The quantitative estimate of drug-likeness (QED) is 0.347. The van der Waals surface area contributed by atoms with Gasteiger partial charge in [-0.3, -0.25) is 14.4 Å². The Labute approximate surface area is 169 Å². The summed E-state index contributed by atoms with van der Waals surface area (Å²) in [5.41, 5.74) is 0.258. The van der Waals surface area contributed by atoms with Crippen molar-refractivity contribution in [3.8, 4) is 11.5 Å². The Morgan fingerprint density at radius 1 is 1.14 bits per heavy atom. The van der Waals surface area contributed by atoms with E-state index in [0.29, 0.717) is 12.8 Å². The number of fused-ring (bicyclic) bond motifs is 1. The fourth-order valence-electron chi connectivity index (χ4n) is 3.14. The summed E-state index contributed by atoms with van der Waals surface area (Å²) >= 11 is 0. The van der Waals surface area contributed by atoms with Crippen LogP contribution in [0.1, 0.15) is 67.2 Å². The highest BCUT2D eigenvalue weighted by Crippen LogP contribution is 2.36. The van der Waals surface area contributed by atoms with Crippen LogP contribution in [0, 0.1) is 0 Å². The number of aliphatic hydroxyl groups is 1. The Balaban J connectivity index is 2.37. The maximum atomic E-state index is 13.0. The van der Waals surface area contributed by atoms with E-state index in [1.54, 1.807) is 6.08 Å². The molecule has 2 atom stereocenters. The van der Waals surface area contributed by atoms with Gasteiger partial charge in [-0.05, 0) is 38.5 Å². The maximum absolute atomic E-state index is 13.0. The van der Waals surface area contributed by atoms with Crippen molar-refractivity contribution in [2.24, 2.45) is 0 Å². The number of rotatable bonds is 8. The number of hydrogen-bond acceptors (Lipinski definition) is 7. The van der Waals surface area contributed by atoms with Crippen LogP contribution in [0.4, 0.5) is 0 Å². The normalized spacial score (nSPS) is 15.2. The monoisotopic (exact) mass is 402 g/mol. The Morgan fingerprint density at radius 2 is 1.76 bits per heavy atom. The van der Waals surface area contributed by atoms with Gasteiger partial charge in [-0.2, -0.15) is 0 Å². The topological polar surface area (TPSA) is 121 Å². The smallest absolute Gasteiger partial charge is 0.309 e. The molecule has 0 radical (unpaired) electrons. The number of aromatic hydroxyl groups is 2. The molecule has 3 N–H and O–H groups in total. The fraction of sp³-hybridized carbons (Fsp3) is 0.409. The molecule has 0 bridgehead atoms. The molecule has 1 aromatic carbocycles. The van der Waals surface area contributed by atoms with Gasteiger partial charge in [0.05, 0.1) is 23.7 Å². The molecule has 156 valence electrons. The predicted octanol–water partition coefficient (Wildman–Crippen LogP) is 3.22. The van der Waals surface area contributed by atoms with E-state index in [2.05, 4.69) is 0 Å². The minimum atomic E-state index is -1.06. The van der Waals surface area contributed by atoms with Gasteiger partial charge in [0.2, 0.25) is 0 Å². The molecule has 0 amide bonds. The van der Waals surface area contributed by atoms with Crippen molar-refractivity contribution in [3.63, 3.8) is 0 Å². The van der Waals surface area contributed by atoms with Gasteiger partial charge in [0.1, 0.15) is 17.6 Å². The van der Waals surface area contributed by atoms with Crippen molar-refractivity contribution in [3.05, 3.63) is 46.6 Å². The summed E-state index contributed by atoms with van der Waals surface area (Å²) in [6.07, 6.45) is 1.95. The molecule has 7 nitrogen and oxygen atoms in total. The molecule has 0 saturated heterocycles. The minimum absolute atomic E-state index is 0.0840. The molecule has 1 aliphatic rings. The zero-order valence-corrected chi connectivity index (χ0v) is 16.8. The third-order valence-corrected chi connectivity index (χ3v) is 4.57. The minimum Gasteiger partial charge on any atom is -0.507 e. The summed E-state index contributed by atoms with van der Waals surface area (Å²) < 4.78 is 5.43. The molecule has 1 aliphatic carbocycles. The van der Waals surface area contributed by atoms with E-state index in [1.807, 2.05) is 20.8 Å². The average molecular weight is 402 g/mol. The number of esters is 1. The summed E-state index contributed by atoms with van der Waals surface area (Å²) in [5.74, 6) is -2.89. The van der Waals surface area contributed by atoms with Crippen molar-refractivity contribution < 1.29 is 34.4 Å². The molecule has 1 aromatic rings. The Bertz CT molecular complexity index is 875. The van der Waals surface area contributed by atoms with E-state index in [4.69, 9.17) is 4.74 Å². The molecule has 0 spiro atoms. The van der Waals surface area contributed by atoms with Crippen LogP contribution in [0.3, 0.4) is 0 Å². The summed E-state index contributed by atoms with van der Waals surface area (Å²) in [5, 5.41) is 29.9. The number of ether oxygens (including phenoxy) is 1. The van der Waals surface area contributed by atoms with Gasteiger partial charge in [0.15, 0.2) is 11.6 Å². The third-order valence-electron chi connectivity index (χ3n) is 4.57. The number of phenols is 2. The first-order valence-corrected chi connectivity index (χ1v) is 9.52. The van der Waals surface area contributed by atoms with E-state index in [0.717, 1.165) is 23.8 Å². The summed E-state index contributed by atoms with van der Waals surface area (Å²) in [6.45, 7) is 5.55. The average Bonchev–Trinajstić information content (AvgIpc) is 2.63. The Kier molecular flexibility index (Phi) is 7.34. The van der Waals surface area contributed by atoms with E-state index in [9.17, 15) is 29.7 Å². The number of ketones is 2. The fourth-order valence-corrected chi connectivity index (χ4v) is 3.14. The van der Waals surface area contributed by atoms with Crippen LogP contribution in [0.2, 0.25) is 0 Å². The summed E-state index contributed by atoms with van der Waals surface area (Å²) in [4.78, 5) is 37.8. The number of carbonyl (C=O) groups excluding carboxylic acids is 3. The molecule has 29 heavy (non-hydrogen) atoms. The van der Waals surface area contributed by atoms with Crippen LogP contribution in [-0.4, -0.2) is 45.1 Å². The van der Waals surface area contributed by atoms with E-state index >= 15 is 0 Å². The van der Waals surface area contributed by atoms with Gasteiger partial charge in [-0.1, -0.05) is 25.0 Å². The summed E-state index contributed by atoms with van der Waals surface area (Å²) in [6, 6.07) is 2.26. The predicted molar refractivity (Wildman–Crippen MR) is 106 cm³/mol. The largest absolute Gasteiger partial charge is 0.507 e. The molecule has 0 aliphatic heterocycles. The lowest BCUT2D eigenvalue weighted by atomic mass is 9.85. The lowest BCUT2D eigenvalue weighted by Gasteiger charge is -2.24. The van der Waals surface area contributed by atoms with Crippen molar-refractivity contribution >= 4 is 17.5 Å². The molecular weight excluding hydrogens is 376 g/mol. The Hall–Kier alpha value is -2.93. The molecule has 7 heteroatoms. The first kappa shape index (κ1) is 22.4. The zero-order chi connectivity index (χ0) is 21.7. The van der Waals surface area contributed by atoms with Crippen molar-refractivity contribution in [1.29, 1.82) is 0 Å². The lowest BCUT2D eigenvalue weighted by molar-refractivity contribution is -0.149. The molecule has 0 fully saturated rings. The number of benzene rings is 1. The van der Waals surface area contributed by atoms with Crippen molar-refractivity contribution in [2.75, 3.05) is 0 Å². The van der Waals surface area contributed by atoms with Gasteiger partial charge in [0.25, 0.3) is 0 Å². The second-order valence-electron chi connectivity index (χ2n) is 7.29. The van der Waals surface area contributed by atoms with Gasteiger partial charge in [-0.15, -0.1) is 0 Å². The maximum Gasteiger partial charge on any atom is 0.309 e. The van der Waals surface area contributed by atoms with Gasteiger partial charge in [-0.25, -0.2) is 0 Å². The molecule has 1 unspecified atom stereocenters. The van der Waals surface area contributed by atoms with Gasteiger partial charge >= 0.3 is 5.97 Å². The van der Waals surface area contributed by atoms with E-state index in [-0.39, 0.29) is 29.5 Å². The van der Waals surface area contributed by atoms with Crippen LogP contribution in [0.15, 0.2) is 35.4 Å². The van der Waals surface area contributed by atoms with Gasteiger partial charge in [0, 0.05) is 12.0 Å². The van der Waals surface area contributed by atoms with Crippen LogP contribution in [-0.2, 0) is 9.53 Å². The van der Waals surface area contributed by atoms with Crippen LogP contribution in [0.25, 0.3) is 0 Å². The van der Waals surface area contributed by atoms with Crippen molar-refractivity contribution in [1.82, 2.24) is 0 Å². The van der Waals surface area contributed by atoms with Crippen molar-refractivity contribution in [2.45, 2.75) is 58.7 Å². The molecule has 2 rings (SSSR count). The first-order valence-electron chi connectivity index (χ1n) is 9.52. The number of phenolic OH excluding ortho intramolecular Hbond substituents is 2. The molecule has 0 heterocycles. The highest BCUT2D eigenvalue weighted by Gasteiger charge is 2.35. The first-order chi connectivity index (χ1) is 13.6.